The van der Waals surface area contributed by atoms with Crippen LogP contribution in [-0.2, 0) is 16.1 Å². The molecule has 0 radical (unpaired) electrons. The largest absolute Gasteiger partial charge is 0.573 e. The smallest absolute Gasteiger partial charge is 0.480 e. The molecule has 0 atom stereocenters. The molecule has 1 aromatic rings. The average molecular weight is 307 g/mol. The Morgan fingerprint density at radius 3 is 2.10 bits per heavy atom. The van der Waals surface area contributed by atoms with E-state index >= 15 is 0 Å². The number of nitrogens with zero attached hydrogens (tertiary/aromatic N) is 1. The molecule has 0 unspecified atom stereocenters. The van der Waals surface area contributed by atoms with Crippen LogP contribution in [0, 0.1) is 0 Å². The van der Waals surface area contributed by atoms with Crippen LogP contribution in [0.3, 0.4) is 0 Å². The molecule has 0 saturated heterocycles. The number of carboxylic acids is 2. The van der Waals surface area contributed by atoms with E-state index in [1.807, 2.05) is 0 Å². The fourth-order valence-electron chi connectivity index (χ4n) is 1.65. The van der Waals surface area contributed by atoms with Crippen molar-refractivity contribution in [3.8, 4) is 5.75 Å². The van der Waals surface area contributed by atoms with Gasteiger partial charge in [-0.3, -0.25) is 14.5 Å². The molecule has 0 aliphatic rings. The van der Waals surface area contributed by atoms with Gasteiger partial charge >= 0.3 is 18.3 Å². The maximum atomic E-state index is 12.3. The van der Waals surface area contributed by atoms with E-state index in [2.05, 4.69) is 4.74 Å². The quantitative estimate of drug-likeness (QED) is 0.795. The van der Waals surface area contributed by atoms with Crippen LogP contribution in [0.2, 0.25) is 0 Å². The summed E-state index contributed by atoms with van der Waals surface area (Å²) in [6, 6.07) is 5.14. The van der Waals surface area contributed by atoms with Crippen molar-refractivity contribution in [3.63, 3.8) is 0 Å². The normalized spacial score (nSPS) is 11.4. The van der Waals surface area contributed by atoms with Crippen LogP contribution in [0.15, 0.2) is 24.3 Å². The molecule has 9 heteroatoms. The number of ether oxygens (including phenoxy) is 1. The lowest BCUT2D eigenvalue weighted by Gasteiger charge is -2.20. The van der Waals surface area contributed by atoms with Crippen molar-refractivity contribution in [2.45, 2.75) is 12.9 Å². The van der Waals surface area contributed by atoms with E-state index in [0.29, 0.717) is 0 Å². The summed E-state index contributed by atoms with van der Waals surface area (Å²) in [4.78, 5) is 22.3. The summed E-state index contributed by atoms with van der Waals surface area (Å²) >= 11 is 0. The summed E-state index contributed by atoms with van der Waals surface area (Å²) in [6.45, 7) is -1.54. The number of halogens is 3. The van der Waals surface area contributed by atoms with Crippen LogP contribution in [-0.4, -0.2) is 46.5 Å². The summed E-state index contributed by atoms with van der Waals surface area (Å²) in [5, 5.41) is 17.4. The highest BCUT2D eigenvalue weighted by atomic mass is 19.4. The van der Waals surface area contributed by atoms with Crippen LogP contribution >= 0.6 is 0 Å². The highest BCUT2D eigenvalue weighted by molar-refractivity contribution is 5.72. The number of hydrogen-bond donors (Lipinski definition) is 2. The number of rotatable bonds is 7. The standard InChI is InChI=1S/C12H12F3NO5/c13-12(14,15)21-9-4-2-1-3-8(9)5-16(6-10(17)18)7-11(19)20/h1-4H,5-7H2,(H,17,18)(H,19,20). The first kappa shape index (κ1) is 16.8. The molecule has 0 amide bonds. The number of carboxylic acid groups (broad SMARTS) is 2. The highest BCUT2D eigenvalue weighted by Gasteiger charge is 2.32. The summed E-state index contributed by atoms with van der Waals surface area (Å²) in [6.07, 6.45) is -4.89. The number of alkyl halides is 3. The number of para-hydroxylation sites is 1. The van der Waals surface area contributed by atoms with E-state index in [9.17, 15) is 22.8 Å². The molecular weight excluding hydrogens is 295 g/mol. The molecule has 6 nitrogen and oxygen atoms in total. The lowest BCUT2D eigenvalue weighted by atomic mass is 10.2. The number of benzene rings is 1. The molecule has 0 bridgehead atoms. The van der Waals surface area contributed by atoms with Crippen LogP contribution in [0.4, 0.5) is 13.2 Å². The van der Waals surface area contributed by atoms with Gasteiger partial charge in [0.05, 0.1) is 13.1 Å². The van der Waals surface area contributed by atoms with Crippen LogP contribution in [0.1, 0.15) is 5.56 Å². The minimum Gasteiger partial charge on any atom is -0.480 e. The van der Waals surface area contributed by atoms with Crippen LogP contribution < -0.4 is 4.74 Å². The van der Waals surface area contributed by atoms with Gasteiger partial charge in [0.15, 0.2) is 0 Å². The monoisotopic (exact) mass is 307 g/mol. The van der Waals surface area contributed by atoms with E-state index < -0.39 is 37.1 Å². The third kappa shape index (κ3) is 6.61. The molecule has 0 fully saturated rings. The van der Waals surface area contributed by atoms with Crippen molar-refractivity contribution in [1.82, 2.24) is 4.90 Å². The van der Waals surface area contributed by atoms with E-state index in [1.54, 1.807) is 0 Å². The molecule has 0 aliphatic carbocycles. The van der Waals surface area contributed by atoms with E-state index in [0.717, 1.165) is 11.0 Å². The second-order valence-corrected chi connectivity index (χ2v) is 4.09. The molecule has 1 rings (SSSR count). The lowest BCUT2D eigenvalue weighted by molar-refractivity contribution is -0.275. The van der Waals surface area contributed by atoms with Crippen molar-refractivity contribution in [2.75, 3.05) is 13.1 Å². The second kappa shape index (κ2) is 6.93. The summed E-state index contributed by atoms with van der Waals surface area (Å²) in [5.41, 5.74) is 0.0392. The Kier molecular flexibility index (Phi) is 5.53. The fraction of sp³-hybridized carbons (Fsp3) is 0.333. The zero-order valence-electron chi connectivity index (χ0n) is 10.6. The van der Waals surface area contributed by atoms with E-state index in [-0.39, 0.29) is 12.1 Å². The van der Waals surface area contributed by atoms with Crippen LogP contribution in [0.25, 0.3) is 0 Å². The molecule has 0 aromatic heterocycles. The number of hydrogen-bond acceptors (Lipinski definition) is 4. The Balaban J connectivity index is 2.92. The molecule has 21 heavy (non-hydrogen) atoms. The predicted octanol–water partition coefficient (Wildman–Crippen LogP) is 1.56. The molecule has 0 aliphatic heterocycles. The summed E-state index contributed by atoms with van der Waals surface area (Å²) in [5.74, 6) is -3.07. The Hall–Kier alpha value is -2.29. The average Bonchev–Trinajstić information content (AvgIpc) is 2.27. The van der Waals surface area contributed by atoms with E-state index in [1.165, 1.54) is 18.2 Å². The van der Waals surface area contributed by atoms with Gasteiger partial charge in [0.2, 0.25) is 0 Å². The van der Waals surface area contributed by atoms with Gasteiger partial charge in [0.1, 0.15) is 5.75 Å². The van der Waals surface area contributed by atoms with Crippen molar-refractivity contribution < 1.29 is 37.7 Å². The first-order chi connectivity index (χ1) is 9.67. The molecule has 1 aromatic carbocycles. The Morgan fingerprint density at radius 1 is 1.10 bits per heavy atom. The van der Waals surface area contributed by atoms with Crippen molar-refractivity contribution in [1.29, 1.82) is 0 Å². The summed E-state index contributed by atoms with van der Waals surface area (Å²) < 4.78 is 40.6. The van der Waals surface area contributed by atoms with Gasteiger partial charge in [-0.25, -0.2) is 0 Å². The molecular formula is C12H12F3NO5. The highest BCUT2D eigenvalue weighted by Crippen LogP contribution is 2.27. The van der Waals surface area contributed by atoms with Crippen molar-refractivity contribution >= 4 is 11.9 Å². The van der Waals surface area contributed by atoms with Gasteiger partial charge in [-0.15, -0.1) is 13.2 Å². The van der Waals surface area contributed by atoms with Crippen LogP contribution in [0.5, 0.6) is 5.75 Å². The predicted molar refractivity (Wildman–Crippen MR) is 63.7 cm³/mol. The maximum absolute atomic E-state index is 12.3. The first-order valence-corrected chi connectivity index (χ1v) is 5.67. The van der Waals surface area contributed by atoms with Gasteiger partial charge in [0.25, 0.3) is 0 Å². The third-order valence-electron chi connectivity index (χ3n) is 2.31. The first-order valence-electron chi connectivity index (χ1n) is 5.67. The molecule has 2 N–H and O–H groups in total. The third-order valence-corrected chi connectivity index (χ3v) is 2.31. The molecule has 0 spiro atoms. The number of carbonyl (C=O) groups is 2. The molecule has 116 valence electrons. The number of aliphatic carboxylic acids is 2. The van der Waals surface area contributed by atoms with Gasteiger partial charge in [-0.2, -0.15) is 0 Å². The zero-order valence-corrected chi connectivity index (χ0v) is 10.6. The minimum atomic E-state index is -4.89. The van der Waals surface area contributed by atoms with Gasteiger partial charge < -0.3 is 14.9 Å². The fourth-order valence-corrected chi connectivity index (χ4v) is 1.65. The van der Waals surface area contributed by atoms with Gasteiger partial charge in [-0.1, -0.05) is 18.2 Å². The Morgan fingerprint density at radius 2 is 1.62 bits per heavy atom. The minimum absolute atomic E-state index is 0.0392. The summed E-state index contributed by atoms with van der Waals surface area (Å²) in [7, 11) is 0. The Bertz CT molecular complexity index is 502. The van der Waals surface area contributed by atoms with Gasteiger partial charge in [-0.05, 0) is 6.07 Å². The SMILES string of the molecule is O=C(O)CN(CC(=O)O)Cc1ccccc1OC(F)(F)F. The van der Waals surface area contributed by atoms with Gasteiger partial charge in [0, 0.05) is 12.1 Å². The van der Waals surface area contributed by atoms with Crippen molar-refractivity contribution in [2.24, 2.45) is 0 Å². The maximum Gasteiger partial charge on any atom is 0.573 e. The Labute approximate surface area is 117 Å². The topological polar surface area (TPSA) is 87.1 Å². The molecule has 0 saturated carbocycles. The zero-order chi connectivity index (χ0) is 16.0. The molecule has 0 heterocycles. The lowest BCUT2D eigenvalue weighted by Crippen LogP contribution is -2.34. The van der Waals surface area contributed by atoms with E-state index in [4.69, 9.17) is 10.2 Å². The van der Waals surface area contributed by atoms with Crippen molar-refractivity contribution in [3.05, 3.63) is 29.8 Å². The second-order valence-electron chi connectivity index (χ2n) is 4.09.